The molecule has 0 aliphatic carbocycles. The van der Waals surface area contributed by atoms with Crippen LogP contribution in [0.4, 0.5) is 0 Å². The molecule has 0 aromatic carbocycles. The molecule has 16 heavy (non-hydrogen) atoms. The summed E-state index contributed by atoms with van der Waals surface area (Å²) in [4.78, 5) is 7.22. The quantitative estimate of drug-likeness (QED) is 0.764. The predicted molar refractivity (Wildman–Crippen MR) is 70.1 cm³/mol. The van der Waals surface area contributed by atoms with Crippen molar-refractivity contribution in [2.75, 3.05) is 6.54 Å². The Hall–Kier alpha value is -0.120. The highest BCUT2D eigenvalue weighted by atomic mass is 35.5. The minimum atomic E-state index is 0.500. The molecule has 1 saturated heterocycles. The molecule has 1 aliphatic heterocycles. The van der Waals surface area contributed by atoms with Gasteiger partial charge in [0.1, 0.15) is 5.01 Å². The van der Waals surface area contributed by atoms with E-state index in [2.05, 4.69) is 29.1 Å². The number of hydrogen-bond acceptors (Lipinski definition) is 3. The lowest BCUT2D eigenvalue weighted by molar-refractivity contribution is 0.185. The first-order chi connectivity index (χ1) is 7.76. The van der Waals surface area contributed by atoms with E-state index in [1.165, 1.54) is 24.4 Å². The van der Waals surface area contributed by atoms with Crippen LogP contribution in [-0.2, 0) is 5.88 Å². The van der Waals surface area contributed by atoms with Gasteiger partial charge in [-0.15, -0.1) is 22.9 Å². The molecule has 1 aliphatic rings. The molecule has 1 aromatic rings. The number of alkyl halides is 1. The van der Waals surface area contributed by atoms with Gasteiger partial charge in [0, 0.05) is 11.4 Å². The number of hydrogen-bond donors (Lipinski definition) is 0. The van der Waals surface area contributed by atoms with Crippen LogP contribution in [-0.4, -0.2) is 22.5 Å². The van der Waals surface area contributed by atoms with E-state index >= 15 is 0 Å². The van der Waals surface area contributed by atoms with Crippen molar-refractivity contribution in [1.82, 2.24) is 9.88 Å². The average molecular weight is 259 g/mol. The van der Waals surface area contributed by atoms with Crippen LogP contribution in [0.5, 0.6) is 0 Å². The number of thiazole rings is 1. The van der Waals surface area contributed by atoms with Crippen molar-refractivity contribution in [3.63, 3.8) is 0 Å². The van der Waals surface area contributed by atoms with Crippen molar-refractivity contribution < 1.29 is 0 Å². The second kappa shape index (κ2) is 5.48. The van der Waals surface area contributed by atoms with Gasteiger partial charge >= 0.3 is 0 Å². The summed E-state index contributed by atoms with van der Waals surface area (Å²) in [5.41, 5.74) is 1.02. The van der Waals surface area contributed by atoms with E-state index in [1.54, 1.807) is 11.3 Å². The minimum Gasteiger partial charge on any atom is -0.291 e. The second-order valence-corrected chi connectivity index (χ2v) is 5.62. The van der Waals surface area contributed by atoms with Crippen molar-refractivity contribution in [2.24, 2.45) is 0 Å². The van der Waals surface area contributed by atoms with E-state index in [0.29, 0.717) is 18.0 Å². The highest BCUT2D eigenvalue weighted by Crippen LogP contribution is 2.33. The van der Waals surface area contributed by atoms with Crippen LogP contribution in [0.3, 0.4) is 0 Å². The van der Waals surface area contributed by atoms with Gasteiger partial charge in [-0.3, -0.25) is 4.90 Å². The lowest BCUT2D eigenvalue weighted by atomic mass is 10.1. The first-order valence-electron chi connectivity index (χ1n) is 6.02. The Morgan fingerprint density at radius 3 is 3.00 bits per heavy atom. The van der Waals surface area contributed by atoms with Gasteiger partial charge in [-0.1, -0.05) is 6.92 Å². The van der Waals surface area contributed by atoms with Gasteiger partial charge in [0.05, 0.1) is 17.6 Å². The third-order valence-corrected chi connectivity index (χ3v) is 4.65. The Morgan fingerprint density at radius 2 is 2.50 bits per heavy atom. The molecule has 2 rings (SSSR count). The Balaban J connectivity index is 2.15. The van der Waals surface area contributed by atoms with Crippen molar-refractivity contribution in [3.05, 3.63) is 16.1 Å². The van der Waals surface area contributed by atoms with Crippen LogP contribution in [0, 0.1) is 0 Å². The SMILES string of the molecule is CCC(c1nc(CCl)cs1)N1CCCC1C. The van der Waals surface area contributed by atoms with Crippen LogP contribution in [0.15, 0.2) is 5.38 Å². The molecule has 4 heteroatoms. The van der Waals surface area contributed by atoms with Crippen LogP contribution >= 0.6 is 22.9 Å². The molecule has 0 spiro atoms. The molecule has 2 unspecified atom stereocenters. The van der Waals surface area contributed by atoms with Crippen molar-refractivity contribution in [2.45, 2.75) is 51.1 Å². The summed E-state index contributed by atoms with van der Waals surface area (Å²) in [5, 5.41) is 3.33. The molecular formula is C12H19ClN2S. The molecular weight excluding hydrogens is 240 g/mol. The van der Waals surface area contributed by atoms with Gasteiger partial charge in [-0.05, 0) is 32.7 Å². The molecule has 0 bridgehead atoms. The maximum absolute atomic E-state index is 5.81. The smallest absolute Gasteiger partial charge is 0.110 e. The number of likely N-dealkylation sites (tertiary alicyclic amines) is 1. The molecule has 90 valence electrons. The Bertz CT molecular complexity index is 340. The summed E-state index contributed by atoms with van der Waals surface area (Å²) >= 11 is 7.57. The van der Waals surface area contributed by atoms with E-state index in [-0.39, 0.29) is 0 Å². The van der Waals surface area contributed by atoms with Gasteiger partial charge in [0.2, 0.25) is 0 Å². The second-order valence-electron chi connectivity index (χ2n) is 4.46. The van der Waals surface area contributed by atoms with Crippen molar-refractivity contribution >= 4 is 22.9 Å². The predicted octanol–water partition coefficient (Wildman–Crippen LogP) is 3.82. The molecule has 0 radical (unpaired) electrons. The Labute approximate surface area is 107 Å². The van der Waals surface area contributed by atoms with Crippen LogP contribution < -0.4 is 0 Å². The van der Waals surface area contributed by atoms with Gasteiger partial charge < -0.3 is 0 Å². The molecule has 0 saturated carbocycles. The summed E-state index contributed by atoms with van der Waals surface area (Å²) < 4.78 is 0. The van der Waals surface area contributed by atoms with E-state index in [0.717, 1.165) is 12.1 Å². The maximum atomic E-state index is 5.81. The zero-order valence-electron chi connectivity index (χ0n) is 9.95. The third-order valence-electron chi connectivity index (χ3n) is 3.38. The zero-order valence-corrected chi connectivity index (χ0v) is 11.5. The van der Waals surface area contributed by atoms with Crippen LogP contribution in [0.25, 0.3) is 0 Å². The standard InChI is InChI=1S/C12H19ClN2S/c1-3-11(15-6-4-5-9(15)2)12-14-10(7-13)8-16-12/h8-9,11H,3-7H2,1-2H3. The van der Waals surface area contributed by atoms with Crippen LogP contribution in [0.2, 0.25) is 0 Å². The minimum absolute atomic E-state index is 0.500. The van der Waals surface area contributed by atoms with Crippen molar-refractivity contribution in [1.29, 1.82) is 0 Å². The third kappa shape index (κ3) is 2.41. The molecule has 2 atom stereocenters. The maximum Gasteiger partial charge on any atom is 0.110 e. The highest BCUT2D eigenvalue weighted by molar-refractivity contribution is 7.09. The Morgan fingerprint density at radius 1 is 1.69 bits per heavy atom. The summed E-state index contributed by atoms with van der Waals surface area (Å²) in [6.45, 7) is 5.79. The fraction of sp³-hybridized carbons (Fsp3) is 0.750. The molecule has 0 amide bonds. The summed E-state index contributed by atoms with van der Waals surface area (Å²) in [6.07, 6.45) is 3.79. The summed E-state index contributed by atoms with van der Waals surface area (Å²) in [5.74, 6) is 0.530. The van der Waals surface area contributed by atoms with Crippen LogP contribution in [0.1, 0.15) is 49.9 Å². The lowest BCUT2D eigenvalue weighted by Gasteiger charge is -2.29. The van der Waals surface area contributed by atoms with Crippen molar-refractivity contribution in [3.8, 4) is 0 Å². The van der Waals surface area contributed by atoms with E-state index < -0.39 is 0 Å². The highest BCUT2D eigenvalue weighted by Gasteiger charge is 2.29. The van der Waals surface area contributed by atoms with E-state index in [1.807, 2.05) is 0 Å². The van der Waals surface area contributed by atoms with E-state index in [4.69, 9.17) is 11.6 Å². The summed E-state index contributed by atoms with van der Waals surface area (Å²) in [6, 6.07) is 1.20. The average Bonchev–Trinajstić information content (AvgIpc) is 2.90. The molecule has 2 heterocycles. The summed E-state index contributed by atoms with van der Waals surface area (Å²) in [7, 11) is 0. The fourth-order valence-electron chi connectivity index (χ4n) is 2.51. The molecule has 1 aromatic heterocycles. The van der Waals surface area contributed by atoms with Gasteiger partial charge in [0.15, 0.2) is 0 Å². The first-order valence-corrected chi connectivity index (χ1v) is 7.43. The number of halogens is 1. The topological polar surface area (TPSA) is 16.1 Å². The van der Waals surface area contributed by atoms with Gasteiger partial charge in [-0.2, -0.15) is 0 Å². The number of aromatic nitrogens is 1. The molecule has 0 N–H and O–H groups in total. The largest absolute Gasteiger partial charge is 0.291 e. The number of rotatable bonds is 4. The Kier molecular flexibility index (Phi) is 4.22. The fourth-order valence-corrected chi connectivity index (χ4v) is 3.76. The normalized spacial score (nSPS) is 23.8. The van der Waals surface area contributed by atoms with E-state index in [9.17, 15) is 0 Å². The zero-order chi connectivity index (χ0) is 11.5. The number of nitrogens with zero attached hydrogens (tertiary/aromatic N) is 2. The lowest BCUT2D eigenvalue weighted by Crippen LogP contribution is -2.31. The van der Waals surface area contributed by atoms with Gasteiger partial charge in [0.25, 0.3) is 0 Å². The molecule has 2 nitrogen and oxygen atoms in total. The molecule has 1 fully saturated rings. The monoisotopic (exact) mass is 258 g/mol. The van der Waals surface area contributed by atoms with Gasteiger partial charge in [-0.25, -0.2) is 4.98 Å². The first kappa shape index (κ1) is 12.3.